The van der Waals surface area contributed by atoms with Crippen LogP contribution in [-0.2, 0) is 12.0 Å². The van der Waals surface area contributed by atoms with Gasteiger partial charge in [-0.2, -0.15) is 15.5 Å². The third-order valence-electron chi connectivity index (χ3n) is 3.25. The number of hydrogen-bond acceptors (Lipinski definition) is 7. The zero-order valence-corrected chi connectivity index (χ0v) is 13.7. The quantitative estimate of drug-likeness (QED) is 0.669. The second kappa shape index (κ2) is 7.15. The molecule has 0 aliphatic heterocycles. The van der Waals surface area contributed by atoms with E-state index in [-0.39, 0.29) is 17.7 Å². The van der Waals surface area contributed by atoms with Gasteiger partial charge in [-0.25, -0.2) is 0 Å². The van der Waals surface area contributed by atoms with Crippen molar-refractivity contribution in [3.63, 3.8) is 0 Å². The smallest absolute Gasteiger partial charge is 0.225 e. The average Bonchev–Trinajstić information content (AvgIpc) is 3.05. The van der Waals surface area contributed by atoms with Gasteiger partial charge < -0.3 is 9.63 Å². The van der Waals surface area contributed by atoms with E-state index in [2.05, 4.69) is 15.4 Å². The van der Waals surface area contributed by atoms with E-state index in [0.29, 0.717) is 17.0 Å². The molecule has 7 nitrogen and oxygen atoms in total. The summed E-state index contributed by atoms with van der Waals surface area (Å²) in [6, 6.07) is 8.74. The van der Waals surface area contributed by atoms with Crippen molar-refractivity contribution in [2.75, 3.05) is 0 Å². The first-order valence-corrected chi connectivity index (χ1v) is 7.37. The maximum absolute atomic E-state index is 12.3. The molecule has 0 fully saturated rings. The van der Waals surface area contributed by atoms with Crippen LogP contribution in [0.3, 0.4) is 0 Å². The number of aromatic nitrogens is 1. The van der Waals surface area contributed by atoms with E-state index in [9.17, 15) is 10.1 Å². The van der Waals surface area contributed by atoms with Crippen molar-refractivity contribution in [2.24, 2.45) is 10.2 Å². The summed E-state index contributed by atoms with van der Waals surface area (Å²) in [5.41, 5.74) is 0.872. The first kappa shape index (κ1) is 17.5. The number of aliphatic hydroxyl groups excluding tert-OH is 1. The molecule has 0 aliphatic rings. The van der Waals surface area contributed by atoms with Crippen molar-refractivity contribution in [3.05, 3.63) is 47.3 Å². The van der Waals surface area contributed by atoms with Crippen LogP contribution in [0.4, 0.5) is 5.69 Å². The van der Waals surface area contributed by atoms with E-state index >= 15 is 0 Å². The van der Waals surface area contributed by atoms with E-state index < -0.39 is 11.8 Å². The molecular formula is C17H18N4O3. The monoisotopic (exact) mass is 326 g/mol. The number of rotatable bonds is 5. The van der Waals surface area contributed by atoms with Gasteiger partial charge in [-0.1, -0.05) is 38.1 Å². The molecule has 2 rings (SSSR count). The molecule has 0 amide bonds. The molecule has 1 aromatic carbocycles. The number of nitrogens with zero attached hydrogens (tertiary/aromatic N) is 4. The summed E-state index contributed by atoms with van der Waals surface area (Å²) in [5.74, 6) is -0.0195. The van der Waals surface area contributed by atoms with Crippen LogP contribution in [0, 0.1) is 11.3 Å². The summed E-state index contributed by atoms with van der Waals surface area (Å²) in [6.07, 6.45) is 0. The highest BCUT2D eigenvalue weighted by molar-refractivity contribution is 6.00. The largest absolute Gasteiger partial charge is 0.392 e. The van der Waals surface area contributed by atoms with E-state index in [1.54, 1.807) is 30.3 Å². The molecule has 1 aromatic heterocycles. The van der Waals surface area contributed by atoms with Gasteiger partial charge in [-0.05, 0) is 17.7 Å². The number of azo groups is 1. The van der Waals surface area contributed by atoms with Crippen LogP contribution >= 0.6 is 0 Å². The highest BCUT2D eigenvalue weighted by Crippen LogP contribution is 2.23. The van der Waals surface area contributed by atoms with Crippen LogP contribution in [-0.4, -0.2) is 22.1 Å². The highest BCUT2D eigenvalue weighted by Gasteiger charge is 2.26. The molecule has 2 aromatic rings. The second-order valence-corrected chi connectivity index (χ2v) is 6.27. The number of ketones is 1. The Bertz CT molecular complexity index is 797. The summed E-state index contributed by atoms with van der Waals surface area (Å²) in [5, 5.41) is 29.7. The Morgan fingerprint density at radius 3 is 2.75 bits per heavy atom. The molecule has 1 N–H and O–H groups in total. The Balaban J connectivity index is 2.18. The lowest BCUT2D eigenvalue weighted by Gasteiger charge is -2.12. The fourth-order valence-corrected chi connectivity index (χ4v) is 1.86. The topological polar surface area (TPSA) is 112 Å². The molecule has 124 valence electrons. The minimum atomic E-state index is -1.30. The second-order valence-electron chi connectivity index (χ2n) is 6.27. The van der Waals surface area contributed by atoms with Crippen molar-refractivity contribution in [1.82, 2.24) is 5.16 Å². The van der Waals surface area contributed by atoms with E-state index in [1.807, 2.05) is 20.8 Å². The average molecular weight is 326 g/mol. The normalized spacial score (nSPS) is 13.0. The molecule has 1 unspecified atom stereocenters. The van der Waals surface area contributed by atoms with E-state index in [1.165, 1.54) is 6.07 Å². The van der Waals surface area contributed by atoms with Crippen LogP contribution in [0.15, 0.2) is 45.1 Å². The number of nitriles is 1. The van der Waals surface area contributed by atoms with Gasteiger partial charge in [0.1, 0.15) is 11.8 Å². The zero-order chi connectivity index (χ0) is 17.7. The Morgan fingerprint density at radius 1 is 1.42 bits per heavy atom. The molecule has 0 spiro atoms. The third-order valence-corrected chi connectivity index (χ3v) is 3.25. The number of aliphatic hydroxyl groups is 1. The number of carbonyl (C=O) groups excluding carboxylic acids is 1. The molecule has 1 heterocycles. The third kappa shape index (κ3) is 4.12. The minimum Gasteiger partial charge on any atom is -0.392 e. The predicted octanol–water partition coefficient (Wildman–Crippen LogP) is 3.32. The highest BCUT2D eigenvalue weighted by atomic mass is 16.5. The Kier molecular flexibility index (Phi) is 5.21. The maximum atomic E-state index is 12.3. The van der Waals surface area contributed by atoms with Gasteiger partial charge >= 0.3 is 0 Å². The van der Waals surface area contributed by atoms with Gasteiger partial charge in [0.05, 0.1) is 12.3 Å². The van der Waals surface area contributed by atoms with Gasteiger partial charge in [-0.15, -0.1) is 0 Å². The van der Waals surface area contributed by atoms with Gasteiger partial charge in [-0.3, -0.25) is 4.79 Å². The number of Topliss-reactive ketones (excluding diaryl/α,β-unsaturated/α-hetero) is 1. The molecule has 0 saturated heterocycles. The predicted molar refractivity (Wildman–Crippen MR) is 85.8 cm³/mol. The van der Waals surface area contributed by atoms with Crippen LogP contribution in [0.1, 0.15) is 42.6 Å². The van der Waals surface area contributed by atoms with Crippen LogP contribution < -0.4 is 0 Å². The summed E-state index contributed by atoms with van der Waals surface area (Å²) in [4.78, 5) is 12.3. The van der Waals surface area contributed by atoms with E-state index in [4.69, 9.17) is 9.63 Å². The van der Waals surface area contributed by atoms with Gasteiger partial charge in [0, 0.05) is 11.5 Å². The molecule has 0 saturated carbocycles. The number of carbonyl (C=O) groups is 1. The molecule has 0 radical (unpaired) electrons. The number of hydrogen-bond donors (Lipinski definition) is 1. The van der Waals surface area contributed by atoms with Gasteiger partial charge in [0.15, 0.2) is 5.69 Å². The lowest BCUT2D eigenvalue weighted by atomic mass is 9.93. The first-order valence-electron chi connectivity index (χ1n) is 7.37. The maximum Gasteiger partial charge on any atom is 0.225 e. The lowest BCUT2D eigenvalue weighted by molar-refractivity contribution is 0.0970. The fourth-order valence-electron chi connectivity index (χ4n) is 1.86. The Labute approximate surface area is 139 Å². The Morgan fingerprint density at radius 2 is 2.17 bits per heavy atom. The molecule has 7 heteroatoms. The van der Waals surface area contributed by atoms with Crippen molar-refractivity contribution >= 4 is 11.5 Å². The summed E-state index contributed by atoms with van der Waals surface area (Å²) < 4.78 is 5.16. The SMILES string of the molecule is CC(C)(C)c1cc(C(=O)C(C#N)N=Nc2cccc(CO)c2)no1. The minimum absolute atomic E-state index is 0.0505. The summed E-state index contributed by atoms with van der Waals surface area (Å²) in [7, 11) is 0. The van der Waals surface area contributed by atoms with E-state index in [0.717, 1.165) is 0 Å². The molecule has 0 aliphatic carbocycles. The van der Waals surface area contributed by atoms with Crippen LogP contribution in [0.2, 0.25) is 0 Å². The van der Waals surface area contributed by atoms with Crippen molar-refractivity contribution in [1.29, 1.82) is 5.26 Å². The van der Waals surface area contributed by atoms with Crippen molar-refractivity contribution in [3.8, 4) is 6.07 Å². The lowest BCUT2D eigenvalue weighted by Crippen LogP contribution is -2.16. The van der Waals surface area contributed by atoms with Crippen LogP contribution in [0.5, 0.6) is 0 Å². The van der Waals surface area contributed by atoms with Gasteiger partial charge in [0.25, 0.3) is 0 Å². The fraction of sp³-hybridized carbons (Fsp3) is 0.353. The van der Waals surface area contributed by atoms with Crippen molar-refractivity contribution in [2.45, 2.75) is 38.8 Å². The Hall–Kier alpha value is -2.85. The molecule has 1 atom stereocenters. The zero-order valence-electron chi connectivity index (χ0n) is 13.7. The van der Waals surface area contributed by atoms with Crippen LogP contribution in [0.25, 0.3) is 0 Å². The van der Waals surface area contributed by atoms with Gasteiger partial charge in [0.2, 0.25) is 11.8 Å². The van der Waals surface area contributed by atoms with Crippen molar-refractivity contribution < 1.29 is 14.4 Å². The standard InChI is InChI=1S/C17H18N4O3/c1-17(2,3)15-8-13(21-24-15)16(23)14(9-18)20-19-12-6-4-5-11(7-12)10-22/h4-8,14,22H,10H2,1-3H3. The molecular weight excluding hydrogens is 308 g/mol. The summed E-state index contributed by atoms with van der Waals surface area (Å²) >= 11 is 0. The molecule has 0 bridgehead atoms. The molecule has 24 heavy (non-hydrogen) atoms. The summed E-state index contributed by atoms with van der Waals surface area (Å²) in [6.45, 7) is 5.66. The first-order chi connectivity index (χ1) is 11.3. The number of benzene rings is 1.